The van der Waals surface area contributed by atoms with E-state index in [1.54, 1.807) is 29.2 Å². The first kappa shape index (κ1) is 19.9. The van der Waals surface area contributed by atoms with Gasteiger partial charge in [0.05, 0.1) is 20.3 Å². The molecule has 3 rings (SSSR count). The van der Waals surface area contributed by atoms with Crippen LogP contribution in [0.15, 0.2) is 29.2 Å². The summed E-state index contributed by atoms with van der Waals surface area (Å²) in [6.45, 7) is 3.28. The smallest absolute Gasteiger partial charge is 0.246 e. The van der Waals surface area contributed by atoms with Crippen LogP contribution in [0.25, 0.3) is 6.08 Å². The molecule has 0 N–H and O–H groups in total. The molecule has 27 heavy (non-hydrogen) atoms. The third-order valence-corrected chi connectivity index (χ3v) is 6.78. The summed E-state index contributed by atoms with van der Waals surface area (Å²) in [5, 5.41) is 0. The molecule has 7 nitrogen and oxygen atoms in total. The first-order valence-electron chi connectivity index (χ1n) is 9.25. The molecule has 8 heteroatoms. The Morgan fingerprint density at radius 1 is 1.11 bits per heavy atom. The minimum absolute atomic E-state index is 0.102. The average molecular weight is 394 g/mol. The van der Waals surface area contributed by atoms with Crippen LogP contribution in [-0.4, -0.2) is 70.0 Å². The van der Waals surface area contributed by atoms with Crippen molar-refractivity contribution in [2.75, 3.05) is 46.5 Å². The molecule has 1 aromatic rings. The van der Waals surface area contributed by atoms with Gasteiger partial charge in [-0.1, -0.05) is 12.5 Å². The van der Waals surface area contributed by atoms with E-state index < -0.39 is 10.0 Å². The molecule has 0 aromatic heterocycles. The largest absolute Gasteiger partial charge is 0.495 e. The van der Waals surface area contributed by atoms with Gasteiger partial charge in [0.25, 0.3) is 0 Å². The molecule has 2 heterocycles. The number of rotatable bonds is 5. The second kappa shape index (κ2) is 8.86. The molecule has 2 aliphatic rings. The SMILES string of the molecule is COc1ccc(C=CC(=O)N2CCOCC2)cc1S(=O)(=O)N1CCCCC1. The van der Waals surface area contributed by atoms with Crippen molar-refractivity contribution >= 4 is 22.0 Å². The van der Waals surface area contributed by atoms with Crippen LogP contribution in [0, 0.1) is 0 Å². The van der Waals surface area contributed by atoms with Crippen LogP contribution in [0.5, 0.6) is 5.75 Å². The molecule has 2 fully saturated rings. The zero-order chi connectivity index (χ0) is 19.3. The van der Waals surface area contributed by atoms with Gasteiger partial charge in [0.15, 0.2) is 0 Å². The molecule has 0 spiro atoms. The van der Waals surface area contributed by atoms with E-state index in [-0.39, 0.29) is 10.8 Å². The Bertz CT molecular complexity index is 794. The topological polar surface area (TPSA) is 76.1 Å². The molecular formula is C19H26N2O5S. The molecule has 0 atom stereocenters. The highest BCUT2D eigenvalue weighted by Crippen LogP contribution is 2.30. The lowest BCUT2D eigenvalue weighted by Crippen LogP contribution is -2.39. The summed E-state index contributed by atoms with van der Waals surface area (Å²) in [5.41, 5.74) is 0.646. The van der Waals surface area contributed by atoms with E-state index >= 15 is 0 Å². The van der Waals surface area contributed by atoms with Crippen molar-refractivity contribution in [1.29, 1.82) is 0 Å². The monoisotopic (exact) mass is 394 g/mol. The Kier molecular flexibility index (Phi) is 6.51. The lowest BCUT2D eigenvalue weighted by Gasteiger charge is -2.26. The summed E-state index contributed by atoms with van der Waals surface area (Å²) >= 11 is 0. The van der Waals surface area contributed by atoms with Gasteiger partial charge in [0.1, 0.15) is 10.6 Å². The second-order valence-electron chi connectivity index (χ2n) is 6.65. The molecule has 0 unspecified atom stereocenters. The first-order valence-corrected chi connectivity index (χ1v) is 10.7. The summed E-state index contributed by atoms with van der Waals surface area (Å²) in [5.74, 6) is 0.215. The van der Waals surface area contributed by atoms with Gasteiger partial charge in [-0.2, -0.15) is 4.31 Å². The maximum Gasteiger partial charge on any atom is 0.246 e. The number of carbonyl (C=O) groups is 1. The van der Waals surface area contributed by atoms with E-state index in [0.717, 1.165) is 19.3 Å². The fraction of sp³-hybridized carbons (Fsp3) is 0.526. The fourth-order valence-electron chi connectivity index (χ4n) is 3.30. The van der Waals surface area contributed by atoms with Crippen LogP contribution in [-0.2, 0) is 19.6 Å². The maximum atomic E-state index is 13.0. The Balaban J connectivity index is 1.82. The molecule has 0 radical (unpaired) electrons. The van der Waals surface area contributed by atoms with Crippen LogP contribution in [0.3, 0.4) is 0 Å². The number of piperidine rings is 1. The van der Waals surface area contributed by atoms with Crippen molar-refractivity contribution in [2.45, 2.75) is 24.2 Å². The van der Waals surface area contributed by atoms with Crippen molar-refractivity contribution in [3.63, 3.8) is 0 Å². The van der Waals surface area contributed by atoms with E-state index in [2.05, 4.69) is 0 Å². The third kappa shape index (κ3) is 4.69. The van der Waals surface area contributed by atoms with Crippen molar-refractivity contribution in [3.8, 4) is 5.75 Å². The zero-order valence-corrected chi connectivity index (χ0v) is 16.4. The summed E-state index contributed by atoms with van der Waals surface area (Å²) in [7, 11) is -2.16. The van der Waals surface area contributed by atoms with Crippen molar-refractivity contribution < 1.29 is 22.7 Å². The van der Waals surface area contributed by atoms with Crippen LogP contribution in [0.2, 0.25) is 0 Å². The van der Waals surface area contributed by atoms with Gasteiger partial charge in [0, 0.05) is 32.3 Å². The molecule has 0 bridgehead atoms. The van der Waals surface area contributed by atoms with E-state index in [1.165, 1.54) is 17.5 Å². The number of nitrogens with zero attached hydrogens (tertiary/aromatic N) is 2. The average Bonchev–Trinajstić information content (AvgIpc) is 2.73. The second-order valence-corrected chi connectivity index (χ2v) is 8.55. The molecule has 1 aromatic carbocycles. The summed E-state index contributed by atoms with van der Waals surface area (Å²) in [4.78, 5) is 14.1. The number of ether oxygens (including phenoxy) is 2. The fourth-order valence-corrected chi connectivity index (χ4v) is 5.01. The predicted molar refractivity (Wildman–Crippen MR) is 102 cm³/mol. The van der Waals surface area contributed by atoms with Crippen LogP contribution < -0.4 is 4.74 Å². The molecule has 0 saturated carbocycles. The van der Waals surface area contributed by atoms with E-state index in [4.69, 9.17) is 9.47 Å². The highest BCUT2D eigenvalue weighted by molar-refractivity contribution is 7.89. The third-order valence-electron chi connectivity index (χ3n) is 4.86. The number of hydrogen-bond acceptors (Lipinski definition) is 5. The van der Waals surface area contributed by atoms with Gasteiger partial charge in [-0.3, -0.25) is 4.79 Å². The quantitative estimate of drug-likeness (QED) is 0.711. The normalized spacial score (nSPS) is 19.4. The van der Waals surface area contributed by atoms with Gasteiger partial charge in [-0.25, -0.2) is 8.42 Å². The number of benzene rings is 1. The summed E-state index contributed by atoms with van der Waals surface area (Å²) < 4.78 is 38.1. The van der Waals surface area contributed by atoms with Gasteiger partial charge >= 0.3 is 0 Å². The predicted octanol–water partition coefficient (Wildman–Crippen LogP) is 1.74. The van der Waals surface area contributed by atoms with Gasteiger partial charge in [-0.05, 0) is 36.6 Å². The van der Waals surface area contributed by atoms with Crippen molar-refractivity contribution in [3.05, 3.63) is 29.8 Å². The molecule has 2 aliphatic heterocycles. The van der Waals surface area contributed by atoms with Crippen molar-refractivity contribution in [1.82, 2.24) is 9.21 Å². The van der Waals surface area contributed by atoms with Crippen LogP contribution in [0.1, 0.15) is 24.8 Å². The number of methoxy groups -OCH3 is 1. The molecule has 0 aliphatic carbocycles. The summed E-state index contributed by atoms with van der Waals surface area (Å²) in [6.07, 6.45) is 5.91. The van der Waals surface area contributed by atoms with Crippen LogP contribution in [0.4, 0.5) is 0 Å². The van der Waals surface area contributed by atoms with E-state index in [0.29, 0.717) is 50.7 Å². The highest BCUT2D eigenvalue weighted by Gasteiger charge is 2.29. The summed E-state index contributed by atoms with van der Waals surface area (Å²) in [6, 6.07) is 4.96. The minimum Gasteiger partial charge on any atom is -0.495 e. The lowest BCUT2D eigenvalue weighted by atomic mass is 10.2. The minimum atomic E-state index is -3.62. The number of carbonyl (C=O) groups excluding carboxylic acids is 1. The molecular weight excluding hydrogens is 368 g/mol. The Morgan fingerprint density at radius 3 is 2.48 bits per heavy atom. The van der Waals surface area contributed by atoms with Crippen molar-refractivity contribution in [2.24, 2.45) is 0 Å². The zero-order valence-electron chi connectivity index (χ0n) is 15.6. The van der Waals surface area contributed by atoms with Crippen LogP contribution >= 0.6 is 0 Å². The number of hydrogen-bond donors (Lipinski definition) is 0. The number of sulfonamides is 1. The maximum absolute atomic E-state index is 13.0. The Labute approximate surface area is 160 Å². The van der Waals surface area contributed by atoms with E-state index in [1.807, 2.05) is 0 Å². The standard InChI is InChI=1S/C19H26N2O5S/c1-25-17-7-5-16(6-8-19(22)20-11-13-26-14-12-20)15-18(17)27(23,24)21-9-3-2-4-10-21/h5-8,15H,2-4,9-14H2,1H3. The van der Waals surface area contributed by atoms with Gasteiger partial charge in [-0.15, -0.1) is 0 Å². The highest BCUT2D eigenvalue weighted by atomic mass is 32.2. The Morgan fingerprint density at radius 2 is 1.81 bits per heavy atom. The molecule has 148 valence electrons. The molecule has 2 saturated heterocycles. The van der Waals surface area contributed by atoms with E-state index in [9.17, 15) is 13.2 Å². The molecule has 1 amide bonds. The Hall–Kier alpha value is -1.90. The number of morpholine rings is 1. The number of amides is 1. The van der Waals surface area contributed by atoms with Gasteiger partial charge < -0.3 is 14.4 Å². The van der Waals surface area contributed by atoms with Gasteiger partial charge in [0.2, 0.25) is 15.9 Å². The lowest BCUT2D eigenvalue weighted by molar-refractivity contribution is -0.129. The first-order chi connectivity index (χ1) is 13.0.